The van der Waals surface area contributed by atoms with Crippen LogP contribution in [0.5, 0.6) is 11.5 Å². The smallest absolute Gasteiger partial charge is 0.258 e. The number of morpholine rings is 1. The minimum atomic E-state index is 0.239. The average Bonchev–Trinajstić information content (AvgIpc) is 3.38. The fourth-order valence-electron chi connectivity index (χ4n) is 3.13. The van der Waals surface area contributed by atoms with E-state index in [1.54, 1.807) is 0 Å². The van der Waals surface area contributed by atoms with Gasteiger partial charge in [0.1, 0.15) is 0 Å². The molecule has 1 saturated heterocycles. The number of aromatic nitrogens is 2. The third kappa shape index (κ3) is 2.76. The molecular weight excluding hydrogens is 334 g/mol. The zero-order chi connectivity index (χ0) is 17.3. The van der Waals surface area contributed by atoms with Crippen LogP contribution in [0.3, 0.4) is 0 Å². The molecule has 2 aliphatic heterocycles. The molecule has 1 aromatic heterocycles. The minimum Gasteiger partial charge on any atom is -0.454 e. The molecular formula is C19H17N3O4. The molecule has 7 heteroatoms. The Balaban J connectivity index is 1.38. The van der Waals surface area contributed by atoms with Gasteiger partial charge in [0.05, 0.1) is 13.2 Å². The second-order valence-corrected chi connectivity index (χ2v) is 6.14. The summed E-state index contributed by atoms with van der Waals surface area (Å²) in [6.45, 7) is 3.60. The lowest BCUT2D eigenvalue weighted by molar-refractivity contribution is 0.122. The van der Waals surface area contributed by atoms with Gasteiger partial charge in [-0.2, -0.15) is 4.98 Å². The highest BCUT2D eigenvalue weighted by molar-refractivity contribution is 5.65. The lowest BCUT2D eigenvalue weighted by atomic mass is 10.1. The Hall–Kier alpha value is -3.06. The van der Waals surface area contributed by atoms with Gasteiger partial charge in [0.2, 0.25) is 12.6 Å². The predicted molar refractivity (Wildman–Crippen MR) is 94.3 cm³/mol. The maximum Gasteiger partial charge on any atom is 0.258 e. The highest BCUT2D eigenvalue weighted by Crippen LogP contribution is 2.35. The summed E-state index contributed by atoms with van der Waals surface area (Å²) in [5.74, 6) is 2.44. The second-order valence-electron chi connectivity index (χ2n) is 6.14. The van der Waals surface area contributed by atoms with Crippen molar-refractivity contribution in [3.63, 3.8) is 0 Å². The van der Waals surface area contributed by atoms with Gasteiger partial charge in [-0.1, -0.05) is 5.16 Å². The molecule has 0 saturated carbocycles. The Labute approximate surface area is 150 Å². The molecule has 0 radical (unpaired) electrons. The molecule has 0 unspecified atom stereocenters. The van der Waals surface area contributed by atoms with Crippen LogP contribution in [0.1, 0.15) is 0 Å². The van der Waals surface area contributed by atoms with Crippen LogP contribution in [0, 0.1) is 0 Å². The van der Waals surface area contributed by atoms with Gasteiger partial charge in [-0.25, -0.2) is 0 Å². The third-order valence-corrected chi connectivity index (χ3v) is 4.55. The Bertz CT molecular complexity index is 917. The van der Waals surface area contributed by atoms with Crippen LogP contribution in [0.25, 0.3) is 22.8 Å². The monoisotopic (exact) mass is 351 g/mol. The summed E-state index contributed by atoms with van der Waals surface area (Å²) in [5, 5.41) is 4.11. The summed E-state index contributed by atoms with van der Waals surface area (Å²) in [4.78, 5) is 6.82. The number of anilines is 1. The number of ether oxygens (including phenoxy) is 3. The van der Waals surface area contributed by atoms with Crippen molar-refractivity contribution in [3.05, 3.63) is 42.5 Å². The van der Waals surface area contributed by atoms with E-state index < -0.39 is 0 Å². The molecule has 132 valence electrons. The fourth-order valence-corrected chi connectivity index (χ4v) is 3.13. The number of benzene rings is 2. The van der Waals surface area contributed by atoms with Crippen LogP contribution in [0.2, 0.25) is 0 Å². The van der Waals surface area contributed by atoms with E-state index in [2.05, 4.69) is 27.2 Å². The molecule has 0 N–H and O–H groups in total. The number of hydrogen-bond acceptors (Lipinski definition) is 7. The molecule has 26 heavy (non-hydrogen) atoms. The lowest BCUT2D eigenvalue weighted by Gasteiger charge is -2.28. The first kappa shape index (κ1) is 15.2. The normalized spacial score (nSPS) is 16.1. The lowest BCUT2D eigenvalue weighted by Crippen LogP contribution is -2.36. The molecule has 0 bridgehead atoms. The van der Waals surface area contributed by atoms with Crippen molar-refractivity contribution in [1.29, 1.82) is 0 Å². The van der Waals surface area contributed by atoms with Gasteiger partial charge in [-0.05, 0) is 42.5 Å². The Morgan fingerprint density at radius 1 is 0.846 bits per heavy atom. The predicted octanol–water partition coefficient (Wildman–Crippen LogP) is 2.97. The van der Waals surface area contributed by atoms with E-state index in [1.807, 2.05) is 30.3 Å². The zero-order valence-electron chi connectivity index (χ0n) is 14.1. The molecule has 2 aromatic carbocycles. The van der Waals surface area contributed by atoms with Gasteiger partial charge in [0, 0.05) is 29.9 Å². The number of fused-ring (bicyclic) bond motifs is 1. The molecule has 5 rings (SSSR count). The van der Waals surface area contributed by atoms with Gasteiger partial charge in [0.25, 0.3) is 5.89 Å². The van der Waals surface area contributed by atoms with Gasteiger partial charge >= 0.3 is 0 Å². The van der Waals surface area contributed by atoms with Crippen LogP contribution in [-0.2, 0) is 4.74 Å². The van der Waals surface area contributed by atoms with Gasteiger partial charge in [-0.15, -0.1) is 0 Å². The molecule has 3 aromatic rings. The van der Waals surface area contributed by atoms with Gasteiger partial charge < -0.3 is 23.6 Å². The Morgan fingerprint density at radius 3 is 2.46 bits per heavy atom. The fraction of sp³-hybridized carbons (Fsp3) is 0.263. The van der Waals surface area contributed by atoms with E-state index in [9.17, 15) is 0 Å². The number of nitrogens with zero attached hydrogens (tertiary/aromatic N) is 3. The molecule has 0 spiro atoms. The maximum absolute atomic E-state index is 5.43. The standard InChI is InChI=1S/C19H17N3O4/c1-4-15(22-7-9-23-10-8-22)5-2-13(1)18-20-19(26-21-18)14-3-6-16-17(11-14)25-12-24-16/h1-6,11H,7-10,12H2. The molecule has 3 heterocycles. The van der Waals surface area contributed by atoms with Crippen molar-refractivity contribution in [2.45, 2.75) is 0 Å². The first-order valence-electron chi connectivity index (χ1n) is 8.54. The molecule has 0 amide bonds. The van der Waals surface area contributed by atoms with Crippen LogP contribution in [0.4, 0.5) is 5.69 Å². The summed E-state index contributed by atoms with van der Waals surface area (Å²) in [6, 6.07) is 13.8. The van der Waals surface area contributed by atoms with Gasteiger partial charge in [0.15, 0.2) is 11.5 Å². The average molecular weight is 351 g/mol. The zero-order valence-corrected chi connectivity index (χ0v) is 14.1. The van der Waals surface area contributed by atoms with E-state index in [0.717, 1.165) is 43.2 Å². The molecule has 0 aliphatic carbocycles. The molecule has 1 fully saturated rings. The van der Waals surface area contributed by atoms with E-state index >= 15 is 0 Å². The summed E-state index contributed by atoms with van der Waals surface area (Å²) < 4.78 is 21.5. The number of hydrogen-bond donors (Lipinski definition) is 0. The third-order valence-electron chi connectivity index (χ3n) is 4.55. The summed E-state index contributed by atoms with van der Waals surface area (Å²) in [6.07, 6.45) is 0. The van der Waals surface area contributed by atoms with Gasteiger partial charge in [-0.3, -0.25) is 0 Å². The number of rotatable bonds is 3. The van der Waals surface area contributed by atoms with Crippen molar-refractivity contribution >= 4 is 5.69 Å². The van der Waals surface area contributed by atoms with E-state index in [1.165, 1.54) is 5.69 Å². The second kappa shape index (κ2) is 6.34. The summed E-state index contributed by atoms with van der Waals surface area (Å²) >= 11 is 0. The summed E-state index contributed by atoms with van der Waals surface area (Å²) in [5.41, 5.74) is 2.90. The maximum atomic E-state index is 5.43. The van der Waals surface area contributed by atoms with E-state index in [-0.39, 0.29) is 6.79 Å². The van der Waals surface area contributed by atoms with Crippen molar-refractivity contribution < 1.29 is 18.7 Å². The Kier molecular flexibility index (Phi) is 3.71. The highest BCUT2D eigenvalue weighted by atomic mass is 16.7. The van der Waals surface area contributed by atoms with Crippen LogP contribution >= 0.6 is 0 Å². The Morgan fingerprint density at radius 2 is 1.62 bits per heavy atom. The topological polar surface area (TPSA) is 69.9 Å². The largest absolute Gasteiger partial charge is 0.454 e. The summed E-state index contributed by atoms with van der Waals surface area (Å²) in [7, 11) is 0. The van der Waals surface area contributed by atoms with Crippen LogP contribution < -0.4 is 14.4 Å². The van der Waals surface area contributed by atoms with Crippen molar-refractivity contribution in [2.24, 2.45) is 0 Å². The van der Waals surface area contributed by atoms with Crippen molar-refractivity contribution in [2.75, 3.05) is 38.0 Å². The van der Waals surface area contributed by atoms with Crippen LogP contribution in [-0.4, -0.2) is 43.2 Å². The van der Waals surface area contributed by atoms with Crippen molar-refractivity contribution in [1.82, 2.24) is 10.1 Å². The van der Waals surface area contributed by atoms with E-state index in [4.69, 9.17) is 18.7 Å². The molecule has 7 nitrogen and oxygen atoms in total. The quantitative estimate of drug-likeness (QED) is 0.718. The van der Waals surface area contributed by atoms with Crippen molar-refractivity contribution in [3.8, 4) is 34.3 Å². The molecule has 2 aliphatic rings. The minimum absolute atomic E-state index is 0.239. The van der Waals surface area contributed by atoms with E-state index in [0.29, 0.717) is 17.5 Å². The molecule has 0 atom stereocenters. The SMILES string of the molecule is c1cc(N2CCOCC2)ccc1-c1noc(-c2ccc3c(c2)OCO3)n1. The van der Waals surface area contributed by atoms with Crippen LogP contribution in [0.15, 0.2) is 47.0 Å². The first-order valence-corrected chi connectivity index (χ1v) is 8.54. The first-order chi connectivity index (χ1) is 12.9. The highest BCUT2D eigenvalue weighted by Gasteiger charge is 2.17.